The van der Waals surface area contributed by atoms with Crippen molar-refractivity contribution in [2.45, 2.75) is 26.3 Å². The molecule has 0 saturated carbocycles. The zero-order valence-electron chi connectivity index (χ0n) is 20.0. The summed E-state index contributed by atoms with van der Waals surface area (Å²) in [5.74, 6) is 2.54. The Hall–Kier alpha value is -4.19. The lowest BCUT2D eigenvalue weighted by Crippen LogP contribution is -2.39. The first-order valence-corrected chi connectivity index (χ1v) is 11.9. The van der Waals surface area contributed by atoms with E-state index in [1.54, 1.807) is 12.1 Å². The number of aryl methyl sites for hydroxylation is 2. The number of hydrogen-bond acceptors (Lipinski definition) is 10. The van der Waals surface area contributed by atoms with Crippen LogP contribution in [-0.2, 0) is 11.2 Å². The van der Waals surface area contributed by atoms with Crippen LogP contribution in [0.2, 0.25) is 0 Å². The number of rotatable bonds is 4. The van der Waals surface area contributed by atoms with E-state index < -0.39 is 0 Å². The minimum absolute atomic E-state index is 0.0743. The van der Waals surface area contributed by atoms with E-state index in [9.17, 15) is 10.1 Å². The van der Waals surface area contributed by atoms with Crippen molar-refractivity contribution >= 4 is 28.5 Å². The second-order valence-corrected chi connectivity index (χ2v) is 9.00. The van der Waals surface area contributed by atoms with Crippen molar-refractivity contribution < 1.29 is 9.66 Å². The molecule has 1 aromatic carbocycles. The van der Waals surface area contributed by atoms with Crippen LogP contribution in [0.5, 0.6) is 0 Å². The molecule has 6 rings (SSSR count). The van der Waals surface area contributed by atoms with Crippen LogP contribution in [0, 0.1) is 24.0 Å². The van der Waals surface area contributed by atoms with E-state index in [1.165, 1.54) is 6.07 Å². The van der Waals surface area contributed by atoms with E-state index >= 15 is 0 Å². The predicted octanol–water partition coefficient (Wildman–Crippen LogP) is 2.66. The number of nitro benzene ring substituents is 1. The molecule has 0 radical (unpaired) electrons. The lowest BCUT2D eigenvalue weighted by Gasteiger charge is -2.36. The summed E-state index contributed by atoms with van der Waals surface area (Å²) >= 11 is 0. The summed E-state index contributed by atoms with van der Waals surface area (Å²) in [6, 6.07) is 4.64. The van der Waals surface area contributed by atoms with Gasteiger partial charge in [-0.3, -0.25) is 10.1 Å². The van der Waals surface area contributed by atoms with Gasteiger partial charge < -0.3 is 19.5 Å². The smallest absolute Gasteiger partial charge is 0.270 e. The molecule has 0 aliphatic carbocycles. The third-order valence-corrected chi connectivity index (χ3v) is 6.69. The maximum absolute atomic E-state index is 11.4. The number of aromatic nitrogens is 6. The molecular formula is C24H25N9O3. The molecule has 1 saturated heterocycles. The Bertz CT molecular complexity index is 1430. The number of hydrogen-bond donors (Lipinski definition) is 1. The SMILES string of the molecule is Cc1nc(C)nc(N2CCc3c([nH]c4ccc([N+](=O)[O-])cc34)C2c2cnc(N3CCOCC3)nc2)n1. The van der Waals surface area contributed by atoms with Crippen molar-refractivity contribution in [3.8, 4) is 0 Å². The summed E-state index contributed by atoms with van der Waals surface area (Å²) in [5, 5.41) is 12.3. The van der Waals surface area contributed by atoms with Gasteiger partial charge in [0.1, 0.15) is 17.7 Å². The second-order valence-electron chi connectivity index (χ2n) is 9.00. The van der Waals surface area contributed by atoms with Crippen LogP contribution < -0.4 is 9.80 Å². The summed E-state index contributed by atoms with van der Waals surface area (Å²) in [7, 11) is 0. The van der Waals surface area contributed by atoms with Gasteiger partial charge in [-0.05, 0) is 31.9 Å². The lowest BCUT2D eigenvalue weighted by molar-refractivity contribution is -0.384. The third-order valence-electron chi connectivity index (χ3n) is 6.69. The molecule has 2 aliphatic rings. The molecule has 4 aromatic rings. The van der Waals surface area contributed by atoms with Crippen LogP contribution >= 0.6 is 0 Å². The van der Waals surface area contributed by atoms with E-state index in [0.717, 1.165) is 40.8 Å². The van der Waals surface area contributed by atoms with Gasteiger partial charge in [-0.1, -0.05) is 0 Å². The Kier molecular flexibility index (Phi) is 5.44. The van der Waals surface area contributed by atoms with Crippen molar-refractivity contribution in [1.82, 2.24) is 29.9 Å². The fourth-order valence-electron chi connectivity index (χ4n) is 5.08. The number of nitrogens with one attached hydrogen (secondary N) is 1. The number of anilines is 2. The second kappa shape index (κ2) is 8.79. The van der Waals surface area contributed by atoms with Crippen molar-refractivity contribution in [3.63, 3.8) is 0 Å². The monoisotopic (exact) mass is 487 g/mol. The van der Waals surface area contributed by atoms with Gasteiger partial charge in [0.2, 0.25) is 11.9 Å². The molecule has 1 atom stereocenters. The number of benzene rings is 1. The minimum atomic E-state index is -0.361. The van der Waals surface area contributed by atoms with Crippen molar-refractivity contribution in [2.24, 2.45) is 0 Å². The first kappa shape index (κ1) is 22.3. The highest BCUT2D eigenvalue weighted by Crippen LogP contribution is 2.40. The first-order valence-electron chi connectivity index (χ1n) is 11.9. The number of non-ortho nitro benzene ring substituents is 1. The average Bonchev–Trinajstić information content (AvgIpc) is 3.26. The topological polar surface area (TPSA) is 139 Å². The number of fused-ring (bicyclic) bond motifs is 3. The number of nitrogens with zero attached hydrogens (tertiary/aromatic N) is 8. The molecule has 12 nitrogen and oxygen atoms in total. The van der Waals surface area contributed by atoms with Crippen LogP contribution in [0.1, 0.15) is 34.5 Å². The molecule has 5 heterocycles. The van der Waals surface area contributed by atoms with Gasteiger partial charge >= 0.3 is 0 Å². The third kappa shape index (κ3) is 3.88. The molecule has 1 N–H and O–H groups in total. The predicted molar refractivity (Wildman–Crippen MR) is 132 cm³/mol. The average molecular weight is 488 g/mol. The highest BCUT2D eigenvalue weighted by Gasteiger charge is 2.34. The fourth-order valence-corrected chi connectivity index (χ4v) is 5.08. The van der Waals surface area contributed by atoms with Crippen LogP contribution in [-0.4, -0.2) is 67.7 Å². The van der Waals surface area contributed by atoms with E-state index in [0.29, 0.717) is 49.7 Å². The fraction of sp³-hybridized carbons (Fsp3) is 0.375. The molecular weight excluding hydrogens is 462 g/mol. The van der Waals surface area contributed by atoms with Crippen LogP contribution in [0.25, 0.3) is 10.9 Å². The van der Waals surface area contributed by atoms with E-state index in [2.05, 4.69) is 39.7 Å². The molecule has 2 aliphatic heterocycles. The molecule has 0 spiro atoms. The summed E-state index contributed by atoms with van der Waals surface area (Å²) in [5.41, 5.74) is 3.80. The Morgan fingerprint density at radius 2 is 1.75 bits per heavy atom. The molecule has 3 aromatic heterocycles. The van der Waals surface area contributed by atoms with Gasteiger partial charge in [-0.25, -0.2) is 15.0 Å². The van der Waals surface area contributed by atoms with Crippen molar-refractivity contribution in [3.05, 3.63) is 69.2 Å². The number of morpholine rings is 1. The zero-order valence-corrected chi connectivity index (χ0v) is 20.0. The largest absolute Gasteiger partial charge is 0.378 e. The Balaban J connectivity index is 1.47. The van der Waals surface area contributed by atoms with E-state index in [1.807, 2.05) is 26.2 Å². The van der Waals surface area contributed by atoms with E-state index in [4.69, 9.17) is 4.74 Å². The lowest BCUT2D eigenvalue weighted by atomic mass is 9.94. The Morgan fingerprint density at radius 3 is 2.44 bits per heavy atom. The standard InChI is InChI=1S/C24H25N9O3/c1-14-27-15(2)29-24(28-14)32-6-5-18-19-11-17(33(34)35)3-4-20(19)30-21(18)22(32)16-12-25-23(26-13-16)31-7-9-36-10-8-31/h3-4,11-13,22,30H,5-10H2,1-2H3. The maximum atomic E-state index is 11.4. The molecule has 0 amide bonds. The van der Waals surface area contributed by atoms with Gasteiger partial charge in [0.05, 0.1) is 18.1 Å². The molecule has 12 heteroatoms. The number of H-pyrrole nitrogens is 1. The Morgan fingerprint density at radius 1 is 1.03 bits per heavy atom. The normalized spacial score (nSPS) is 17.9. The summed E-state index contributed by atoms with van der Waals surface area (Å²) < 4.78 is 5.44. The summed E-state index contributed by atoms with van der Waals surface area (Å²) in [6.07, 6.45) is 4.38. The first-order chi connectivity index (χ1) is 17.5. The van der Waals surface area contributed by atoms with Gasteiger partial charge in [0, 0.05) is 66.3 Å². The van der Waals surface area contributed by atoms with Crippen LogP contribution in [0.3, 0.4) is 0 Å². The highest BCUT2D eigenvalue weighted by atomic mass is 16.6. The van der Waals surface area contributed by atoms with Gasteiger partial charge in [-0.15, -0.1) is 0 Å². The molecule has 0 bridgehead atoms. The summed E-state index contributed by atoms with van der Waals surface area (Å²) in [4.78, 5) is 41.8. The molecule has 184 valence electrons. The van der Waals surface area contributed by atoms with Gasteiger partial charge in [0.15, 0.2) is 0 Å². The Labute approximate surface area is 206 Å². The minimum Gasteiger partial charge on any atom is -0.378 e. The molecule has 1 unspecified atom stereocenters. The van der Waals surface area contributed by atoms with Crippen LogP contribution in [0.15, 0.2) is 30.6 Å². The highest BCUT2D eigenvalue weighted by molar-refractivity contribution is 5.87. The van der Waals surface area contributed by atoms with Gasteiger partial charge in [0.25, 0.3) is 5.69 Å². The maximum Gasteiger partial charge on any atom is 0.270 e. The zero-order chi connectivity index (χ0) is 24.8. The number of nitro groups is 1. The van der Waals surface area contributed by atoms with Crippen LogP contribution in [0.4, 0.5) is 17.6 Å². The molecule has 36 heavy (non-hydrogen) atoms. The van der Waals surface area contributed by atoms with Crippen molar-refractivity contribution in [2.75, 3.05) is 42.6 Å². The van der Waals surface area contributed by atoms with E-state index in [-0.39, 0.29) is 16.7 Å². The van der Waals surface area contributed by atoms with Crippen molar-refractivity contribution in [1.29, 1.82) is 0 Å². The summed E-state index contributed by atoms with van der Waals surface area (Å²) in [6.45, 7) is 7.15. The number of aromatic amines is 1. The van der Waals surface area contributed by atoms with Gasteiger partial charge in [-0.2, -0.15) is 9.97 Å². The number of ether oxygens (including phenoxy) is 1. The molecule has 1 fully saturated rings. The quantitative estimate of drug-likeness (QED) is 0.337.